The number of benzene rings is 1. The van der Waals surface area contributed by atoms with Crippen LogP contribution in [0.3, 0.4) is 0 Å². The number of sulfonamides is 1. The number of urea groups is 1. The van der Waals surface area contributed by atoms with Crippen molar-refractivity contribution < 1.29 is 27.5 Å². The topological polar surface area (TPSA) is 126 Å². The van der Waals surface area contributed by atoms with Gasteiger partial charge in [-0.25, -0.2) is 17.9 Å². The predicted molar refractivity (Wildman–Crippen MR) is 111 cm³/mol. The Hall–Kier alpha value is -2.37. The molecule has 1 saturated heterocycles. The van der Waals surface area contributed by atoms with Gasteiger partial charge in [-0.05, 0) is 37.4 Å². The number of likely N-dealkylation sites (tertiary alicyclic amines) is 1. The Bertz CT molecular complexity index is 876. The second-order valence-electron chi connectivity index (χ2n) is 7.54. The number of rotatable bonds is 7. The van der Waals surface area contributed by atoms with Gasteiger partial charge in [0.2, 0.25) is 15.9 Å². The molecular formula is C19H28N4O6S. The molecule has 10 nitrogen and oxygen atoms in total. The van der Waals surface area contributed by atoms with E-state index in [2.05, 4.69) is 20.3 Å². The van der Waals surface area contributed by atoms with Crippen LogP contribution in [-0.4, -0.2) is 70.9 Å². The zero-order chi connectivity index (χ0) is 21.6. The van der Waals surface area contributed by atoms with E-state index in [-0.39, 0.29) is 18.2 Å². The van der Waals surface area contributed by atoms with E-state index >= 15 is 0 Å². The van der Waals surface area contributed by atoms with Crippen molar-refractivity contribution in [1.29, 1.82) is 0 Å². The quantitative estimate of drug-likeness (QED) is 0.571. The molecule has 1 fully saturated rings. The van der Waals surface area contributed by atoms with Gasteiger partial charge < -0.3 is 19.7 Å². The van der Waals surface area contributed by atoms with Gasteiger partial charge in [-0.3, -0.25) is 10.1 Å². The number of imide groups is 1. The number of amides is 3. The molecule has 2 aliphatic rings. The second kappa shape index (κ2) is 10.1. The van der Waals surface area contributed by atoms with Crippen LogP contribution in [0.2, 0.25) is 0 Å². The molecule has 11 heteroatoms. The molecule has 0 radical (unpaired) electrons. The van der Waals surface area contributed by atoms with Gasteiger partial charge in [0.05, 0.1) is 6.26 Å². The van der Waals surface area contributed by atoms with E-state index in [0.717, 1.165) is 32.2 Å². The van der Waals surface area contributed by atoms with E-state index in [4.69, 9.17) is 9.47 Å². The SMILES string of the molecule is CS(=O)(=O)NCC1CCCN(CCC(=O)NC(=O)Nc2ccc3c(c2)OCCO3)C1. The Labute approximate surface area is 176 Å². The monoisotopic (exact) mass is 440 g/mol. The maximum Gasteiger partial charge on any atom is 0.325 e. The van der Waals surface area contributed by atoms with Crippen molar-refractivity contribution in [3.05, 3.63) is 18.2 Å². The molecular weight excluding hydrogens is 412 g/mol. The molecule has 2 aliphatic heterocycles. The maximum atomic E-state index is 12.1. The Morgan fingerprint density at radius 2 is 1.97 bits per heavy atom. The summed E-state index contributed by atoms with van der Waals surface area (Å²) in [6.45, 7) is 3.42. The molecule has 0 bridgehead atoms. The summed E-state index contributed by atoms with van der Waals surface area (Å²) in [4.78, 5) is 26.3. The number of hydrogen-bond donors (Lipinski definition) is 3. The lowest BCUT2D eigenvalue weighted by molar-refractivity contribution is -0.120. The number of nitrogens with zero attached hydrogens (tertiary/aromatic N) is 1. The van der Waals surface area contributed by atoms with Gasteiger partial charge in [-0.2, -0.15) is 0 Å². The summed E-state index contributed by atoms with van der Waals surface area (Å²) in [5, 5.41) is 4.94. The Morgan fingerprint density at radius 3 is 2.73 bits per heavy atom. The highest BCUT2D eigenvalue weighted by Gasteiger charge is 2.21. The molecule has 0 aliphatic carbocycles. The van der Waals surface area contributed by atoms with E-state index in [0.29, 0.717) is 43.5 Å². The summed E-state index contributed by atoms with van der Waals surface area (Å²) in [7, 11) is -3.20. The van der Waals surface area contributed by atoms with Crippen LogP contribution in [-0.2, 0) is 14.8 Å². The second-order valence-corrected chi connectivity index (χ2v) is 9.37. The van der Waals surface area contributed by atoms with Gasteiger partial charge in [0.1, 0.15) is 13.2 Å². The van der Waals surface area contributed by atoms with Crippen molar-refractivity contribution in [1.82, 2.24) is 14.9 Å². The molecule has 1 atom stereocenters. The number of carbonyl (C=O) groups excluding carboxylic acids is 2. The third-order valence-electron chi connectivity index (χ3n) is 4.95. The Morgan fingerprint density at radius 1 is 1.20 bits per heavy atom. The number of hydrogen-bond acceptors (Lipinski definition) is 7. The highest BCUT2D eigenvalue weighted by molar-refractivity contribution is 7.88. The fraction of sp³-hybridized carbons (Fsp3) is 0.579. The van der Waals surface area contributed by atoms with E-state index in [1.807, 2.05) is 0 Å². The van der Waals surface area contributed by atoms with E-state index in [1.54, 1.807) is 18.2 Å². The fourth-order valence-corrected chi connectivity index (χ4v) is 4.06. The van der Waals surface area contributed by atoms with Crippen molar-refractivity contribution in [2.75, 3.05) is 51.0 Å². The van der Waals surface area contributed by atoms with Crippen molar-refractivity contribution in [3.8, 4) is 11.5 Å². The molecule has 3 N–H and O–H groups in total. The molecule has 0 saturated carbocycles. The van der Waals surface area contributed by atoms with Gasteiger partial charge in [0.25, 0.3) is 0 Å². The summed E-state index contributed by atoms with van der Waals surface area (Å²) in [6.07, 6.45) is 3.22. The minimum absolute atomic E-state index is 0.181. The van der Waals surface area contributed by atoms with Crippen molar-refractivity contribution in [3.63, 3.8) is 0 Å². The molecule has 1 unspecified atom stereocenters. The van der Waals surface area contributed by atoms with Crippen LogP contribution < -0.4 is 24.8 Å². The van der Waals surface area contributed by atoms with E-state index in [1.165, 1.54) is 0 Å². The van der Waals surface area contributed by atoms with Crippen LogP contribution in [0.4, 0.5) is 10.5 Å². The lowest BCUT2D eigenvalue weighted by atomic mass is 9.98. The molecule has 3 rings (SSSR count). The molecule has 30 heavy (non-hydrogen) atoms. The van der Waals surface area contributed by atoms with E-state index in [9.17, 15) is 18.0 Å². The van der Waals surface area contributed by atoms with Crippen LogP contribution in [0.1, 0.15) is 19.3 Å². The third kappa shape index (κ3) is 7.15. The minimum atomic E-state index is -3.20. The highest BCUT2D eigenvalue weighted by Crippen LogP contribution is 2.32. The molecule has 166 valence electrons. The van der Waals surface area contributed by atoms with Crippen molar-refractivity contribution in [2.45, 2.75) is 19.3 Å². The summed E-state index contributed by atoms with van der Waals surface area (Å²) in [5.41, 5.74) is 0.502. The lowest BCUT2D eigenvalue weighted by Gasteiger charge is -2.32. The smallest absolute Gasteiger partial charge is 0.325 e. The van der Waals surface area contributed by atoms with Crippen LogP contribution in [0.25, 0.3) is 0 Å². The molecule has 3 amide bonds. The molecule has 0 aromatic heterocycles. The zero-order valence-corrected chi connectivity index (χ0v) is 17.8. The normalized spacial score (nSPS) is 19.2. The van der Waals surface area contributed by atoms with Crippen LogP contribution >= 0.6 is 0 Å². The first-order valence-electron chi connectivity index (χ1n) is 9.96. The first-order chi connectivity index (χ1) is 14.3. The number of carbonyl (C=O) groups is 2. The third-order valence-corrected chi connectivity index (χ3v) is 5.64. The van der Waals surface area contributed by atoms with Crippen LogP contribution in [0, 0.1) is 5.92 Å². The van der Waals surface area contributed by atoms with Gasteiger partial charge in [0.15, 0.2) is 11.5 Å². The van der Waals surface area contributed by atoms with Crippen LogP contribution in [0.15, 0.2) is 18.2 Å². The van der Waals surface area contributed by atoms with Gasteiger partial charge in [0, 0.05) is 37.8 Å². The van der Waals surface area contributed by atoms with E-state index < -0.39 is 16.1 Å². The average molecular weight is 441 g/mol. The number of ether oxygens (including phenoxy) is 2. The lowest BCUT2D eigenvalue weighted by Crippen LogP contribution is -2.42. The number of nitrogens with one attached hydrogen (secondary N) is 3. The Kier molecular flexibility index (Phi) is 7.51. The standard InChI is InChI=1S/C19H28N4O6S/c1-30(26,27)20-12-14-3-2-7-23(13-14)8-6-18(24)22-19(25)21-15-4-5-16-17(11-15)29-10-9-28-16/h4-5,11,14,20H,2-3,6-10,12-13H2,1H3,(H2,21,22,24,25). The molecule has 0 spiro atoms. The number of fused-ring (bicyclic) bond motifs is 1. The first kappa shape index (κ1) is 22.3. The number of piperidine rings is 1. The summed E-state index contributed by atoms with van der Waals surface area (Å²) >= 11 is 0. The summed E-state index contributed by atoms with van der Waals surface area (Å²) in [6, 6.07) is 4.43. The highest BCUT2D eigenvalue weighted by atomic mass is 32.2. The average Bonchev–Trinajstić information content (AvgIpc) is 2.70. The maximum absolute atomic E-state index is 12.1. The van der Waals surface area contributed by atoms with Crippen molar-refractivity contribution in [2.24, 2.45) is 5.92 Å². The molecule has 1 aromatic carbocycles. The number of anilines is 1. The first-order valence-corrected chi connectivity index (χ1v) is 11.8. The zero-order valence-electron chi connectivity index (χ0n) is 17.0. The Balaban J connectivity index is 1.39. The summed E-state index contributed by atoms with van der Waals surface area (Å²) in [5.74, 6) is 1.02. The minimum Gasteiger partial charge on any atom is -0.486 e. The van der Waals surface area contributed by atoms with Gasteiger partial charge in [-0.15, -0.1) is 0 Å². The van der Waals surface area contributed by atoms with Crippen LogP contribution in [0.5, 0.6) is 11.5 Å². The fourth-order valence-electron chi connectivity index (χ4n) is 3.52. The summed E-state index contributed by atoms with van der Waals surface area (Å²) < 4.78 is 35.9. The molecule has 1 aromatic rings. The largest absolute Gasteiger partial charge is 0.486 e. The van der Waals surface area contributed by atoms with Crippen molar-refractivity contribution >= 4 is 27.6 Å². The van der Waals surface area contributed by atoms with Gasteiger partial charge >= 0.3 is 6.03 Å². The predicted octanol–water partition coefficient (Wildman–Crippen LogP) is 0.757. The van der Waals surface area contributed by atoms with Gasteiger partial charge in [-0.1, -0.05) is 0 Å². The molecule has 2 heterocycles.